The molecule has 0 aliphatic carbocycles. The molecule has 0 aromatic heterocycles. The molecule has 2 aromatic rings. The van der Waals surface area contributed by atoms with Gasteiger partial charge in [-0.05, 0) is 37.1 Å². The maximum Gasteiger partial charge on any atom is 0.274 e. The Morgan fingerprint density at radius 1 is 1.10 bits per heavy atom. The van der Waals surface area contributed by atoms with Crippen molar-refractivity contribution in [3.05, 3.63) is 54.1 Å². The van der Waals surface area contributed by atoms with E-state index in [1.54, 1.807) is 31.4 Å². The van der Waals surface area contributed by atoms with Crippen LogP contribution in [-0.4, -0.2) is 63.6 Å². The molecule has 7 nitrogen and oxygen atoms in total. The molecule has 0 bridgehead atoms. The molecule has 0 radical (unpaired) electrons. The first-order valence-corrected chi connectivity index (χ1v) is 11.2. The predicted octanol–water partition coefficient (Wildman–Crippen LogP) is 3.72. The highest BCUT2D eigenvalue weighted by atomic mass is 32.3. The molecule has 1 saturated heterocycles. The summed E-state index contributed by atoms with van der Waals surface area (Å²) in [7, 11) is -1.59. The predicted molar refractivity (Wildman–Crippen MR) is 112 cm³/mol. The monoisotopic (exact) mass is 418 g/mol. The van der Waals surface area contributed by atoms with E-state index in [2.05, 4.69) is 4.90 Å². The molecule has 8 heteroatoms. The number of ether oxygens (including phenoxy) is 2. The minimum absolute atomic E-state index is 0.111. The molecular formula is C21H26N2O5S. The molecule has 0 saturated carbocycles. The minimum atomic E-state index is -3.22. The Morgan fingerprint density at radius 2 is 1.90 bits per heavy atom. The summed E-state index contributed by atoms with van der Waals surface area (Å²) in [5.74, 6) is 1.26. The van der Waals surface area contributed by atoms with E-state index in [0.29, 0.717) is 23.4 Å². The van der Waals surface area contributed by atoms with Crippen LogP contribution >= 0.6 is 10.8 Å². The molecule has 156 valence electrons. The van der Waals surface area contributed by atoms with Gasteiger partial charge in [0.25, 0.3) is 5.91 Å². The van der Waals surface area contributed by atoms with Crippen LogP contribution in [0.3, 0.4) is 0 Å². The van der Waals surface area contributed by atoms with Crippen LogP contribution < -0.4 is 9.47 Å². The minimum Gasteiger partial charge on any atom is -0.497 e. The molecule has 2 aliphatic rings. The molecule has 2 N–H and O–H groups in total. The molecule has 29 heavy (non-hydrogen) atoms. The number of nitrogens with zero attached hydrogens (tertiary/aromatic N) is 2. The molecule has 2 aromatic carbocycles. The third-order valence-electron chi connectivity index (χ3n) is 5.35. The van der Waals surface area contributed by atoms with Crippen LogP contribution in [0.2, 0.25) is 0 Å². The van der Waals surface area contributed by atoms with Gasteiger partial charge in [-0.25, -0.2) is 4.31 Å². The molecular weight excluding hydrogens is 392 g/mol. The van der Waals surface area contributed by atoms with Crippen molar-refractivity contribution in [2.75, 3.05) is 33.3 Å². The van der Waals surface area contributed by atoms with Crippen molar-refractivity contribution in [1.82, 2.24) is 9.21 Å². The smallest absolute Gasteiger partial charge is 0.274 e. The van der Waals surface area contributed by atoms with Crippen molar-refractivity contribution in [3.8, 4) is 11.5 Å². The molecule has 1 atom stereocenters. The first-order chi connectivity index (χ1) is 14.0. The Hall–Kier alpha value is -2.26. The third kappa shape index (κ3) is 4.06. The number of benzene rings is 2. The lowest BCUT2D eigenvalue weighted by atomic mass is 10.2. The normalized spacial score (nSPS) is 21.8. The van der Waals surface area contributed by atoms with Crippen molar-refractivity contribution in [3.63, 3.8) is 0 Å². The lowest BCUT2D eigenvalue weighted by Gasteiger charge is -2.37. The van der Waals surface area contributed by atoms with E-state index in [4.69, 9.17) is 9.47 Å². The Bertz CT molecular complexity index is 891. The fourth-order valence-electron chi connectivity index (χ4n) is 3.88. The van der Waals surface area contributed by atoms with Crippen LogP contribution in [-0.2, 0) is 0 Å². The average molecular weight is 419 g/mol. The van der Waals surface area contributed by atoms with Gasteiger partial charge in [0, 0.05) is 32.2 Å². The summed E-state index contributed by atoms with van der Waals surface area (Å²) in [6.07, 6.45) is 1.71. The number of hydrogen-bond acceptors (Lipinski definition) is 6. The summed E-state index contributed by atoms with van der Waals surface area (Å²) < 4.78 is 33.5. The first-order valence-electron chi connectivity index (χ1n) is 9.71. The molecule has 1 unspecified atom stereocenters. The maximum absolute atomic E-state index is 12.5. The zero-order valence-corrected chi connectivity index (χ0v) is 17.2. The molecule has 2 heterocycles. The molecule has 4 rings (SSSR count). The van der Waals surface area contributed by atoms with Gasteiger partial charge in [0.2, 0.25) is 0 Å². The van der Waals surface area contributed by atoms with E-state index in [9.17, 15) is 13.9 Å². The van der Waals surface area contributed by atoms with Crippen molar-refractivity contribution >= 4 is 16.7 Å². The van der Waals surface area contributed by atoms with Crippen molar-refractivity contribution in [2.24, 2.45) is 0 Å². The second kappa shape index (κ2) is 8.23. The van der Waals surface area contributed by atoms with Gasteiger partial charge in [0.15, 0.2) is 0 Å². The summed E-state index contributed by atoms with van der Waals surface area (Å²) in [6, 6.07) is 14.3. The molecule has 2 aliphatic heterocycles. The van der Waals surface area contributed by atoms with Crippen LogP contribution in [0.4, 0.5) is 0 Å². The van der Waals surface area contributed by atoms with Gasteiger partial charge < -0.3 is 9.47 Å². The number of fused-ring (bicyclic) bond motifs is 1. The largest absolute Gasteiger partial charge is 0.497 e. The number of carbonyl (C=O) groups excluding carboxylic acids is 1. The third-order valence-corrected chi connectivity index (χ3v) is 7.26. The van der Waals surface area contributed by atoms with E-state index in [0.717, 1.165) is 37.6 Å². The fourth-order valence-corrected chi connectivity index (χ4v) is 5.54. The van der Waals surface area contributed by atoms with E-state index >= 15 is 0 Å². The molecule has 1 fully saturated rings. The number of methoxy groups -OCH3 is 1. The second-order valence-corrected chi connectivity index (χ2v) is 9.20. The Morgan fingerprint density at radius 3 is 2.69 bits per heavy atom. The highest BCUT2D eigenvalue weighted by Crippen LogP contribution is 2.58. The molecule has 1 amide bonds. The first kappa shape index (κ1) is 20.0. The number of likely N-dealkylation sites (tertiary alicyclic amines) is 1. The molecule has 0 spiro atoms. The van der Waals surface area contributed by atoms with Crippen LogP contribution in [0.5, 0.6) is 11.5 Å². The van der Waals surface area contributed by atoms with Gasteiger partial charge in [0.05, 0.1) is 17.6 Å². The summed E-state index contributed by atoms with van der Waals surface area (Å²) >= 11 is 0. The lowest BCUT2D eigenvalue weighted by molar-refractivity contribution is 0.0858. The highest BCUT2D eigenvalue weighted by molar-refractivity contribution is 8.23. The summed E-state index contributed by atoms with van der Waals surface area (Å²) in [5, 5.41) is 0. The maximum atomic E-state index is 12.5. The topological polar surface area (TPSA) is 82.5 Å². The Labute approximate surface area is 172 Å². The summed E-state index contributed by atoms with van der Waals surface area (Å²) in [5.41, 5.74) is 0.389. The van der Waals surface area contributed by atoms with Crippen LogP contribution in [0.1, 0.15) is 23.2 Å². The SMILES string of the molecule is COc1cccc(OC2CCN(CCCN3C(=O)c4ccccc4S3(O)O)C2)c1. The van der Waals surface area contributed by atoms with Crippen LogP contribution in [0.15, 0.2) is 53.4 Å². The van der Waals surface area contributed by atoms with Gasteiger partial charge in [-0.1, -0.05) is 29.0 Å². The zero-order valence-electron chi connectivity index (χ0n) is 16.4. The highest BCUT2D eigenvalue weighted by Gasteiger charge is 2.40. The second-order valence-electron chi connectivity index (χ2n) is 7.28. The lowest BCUT2D eigenvalue weighted by Crippen LogP contribution is -2.32. The number of carbonyl (C=O) groups is 1. The Kier molecular flexibility index (Phi) is 5.69. The number of hydrogen-bond donors (Lipinski definition) is 2. The Balaban J connectivity index is 1.27. The van der Waals surface area contributed by atoms with E-state index < -0.39 is 10.8 Å². The van der Waals surface area contributed by atoms with Crippen molar-refractivity contribution in [2.45, 2.75) is 23.8 Å². The van der Waals surface area contributed by atoms with Crippen molar-refractivity contribution < 1.29 is 23.4 Å². The van der Waals surface area contributed by atoms with E-state index in [1.165, 1.54) is 4.31 Å². The average Bonchev–Trinajstić information content (AvgIpc) is 3.24. The van der Waals surface area contributed by atoms with Gasteiger partial charge >= 0.3 is 0 Å². The fraction of sp³-hybridized carbons (Fsp3) is 0.381. The van der Waals surface area contributed by atoms with Crippen molar-refractivity contribution in [1.29, 1.82) is 0 Å². The van der Waals surface area contributed by atoms with Crippen LogP contribution in [0.25, 0.3) is 0 Å². The summed E-state index contributed by atoms with van der Waals surface area (Å²) in [6.45, 7) is 2.81. The van der Waals surface area contributed by atoms with E-state index in [1.807, 2.05) is 24.3 Å². The van der Waals surface area contributed by atoms with Gasteiger partial charge in [-0.3, -0.25) is 18.8 Å². The van der Waals surface area contributed by atoms with Gasteiger partial charge in [0.1, 0.15) is 17.6 Å². The number of amides is 1. The standard InChI is InChI=1S/C21H26N2O5S/c1-27-16-6-4-7-17(14-16)28-18-10-13-22(15-18)11-5-12-23-21(24)19-8-2-3-9-20(19)29(23,25)26/h2-4,6-9,14,18,25-26H,5,10-13,15H2,1H3. The van der Waals surface area contributed by atoms with Crippen LogP contribution in [0, 0.1) is 0 Å². The van der Waals surface area contributed by atoms with E-state index in [-0.39, 0.29) is 12.0 Å². The van der Waals surface area contributed by atoms with Gasteiger partial charge in [-0.15, -0.1) is 0 Å². The summed E-state index contributed by atoms with van der Waals surface area (Å²) in [4.78, 5) is 15.1. The zero-order chi connectivity index (χ0) is 20.4. The van der Waals surface area contributed by atoms with Gasteiger partial charge in [-0.2, -0.15) is 0 Å². The number of rotatable bonds is 7. The quantitative estimate of drug-likeness (QED) is 0.713.